The van der Waals surface area contributed by atoms with Crippen LogP contribution in [0, 0.1) is 5.92 Å². The van der Waals surface area contributed by atoms with Crippen molar-refractivity contribution < 1.29 is 4.79 Å². The Balaban J connectivity index is 1.44. The number of urea groups is 1. The third-order valence-corrected chi connectivity index (χ3v) is 4.15. The van der Waals surface area contributed by atoms with E-state index in [1.807, 2.05) is 6.07 Å². The fourth-order valence-electron chi connectivity index (χ4n) is 2.48. The minimum absolute atomic E-state index is 0.218. The van der Waals surface area contributed by atoms with Crippen molar-refractivity contribution in [3.63, 3.8) is 0 Å². The highest BCUT2D eigenvalue weighted by Gasteiger charge is 2.22. The summed E-state index contributed by atoms with van der Waals surface area (Å²) in [5.41, 5.74) is 2.84. The van der Waals surface area contributed by atoms with Gasteiger partial charge in [0, 0.05) is 25.3 Å². The van der Waals surface area contributed by atoms with Crippen molar-refractivity contribution in [2.24, 2.45) is 5.92 Å². The fraction of sp³-hybridized carbons (Fsp3) is 0.357. The van der Waals surface area contributed by atoms with Gasteiger partial charge in [-0.25, -0.2) is 4.79 Å². The first-order valence-electron chi connectivity index (χ1n) is 6.92. The summed E-state index contributed by atoms with van der Waals surface area (Å²) in [5.74, 6) is 0.477. The third kappa shape index (κ3) is 3.69. The highest BCUT2D eigenvalue weighted by atomic mass is 32.1. The monoisotopic (exact) mass is 303 g/mol. The Morgan fingerprint density at radius 2 is 2.24 bits per heavy atom. The molecular weight excluding hydrogens is 286 g/mol. The van der Waals surface area contributed by atoms with Gasteiger partial charge in [-0.1, -0.05) is 29.5 Å². The van der Waals surface area contributed by atoms with E-state index in [1.165, 1.54) is 17.0 Å². The van der Waals surface area contributed by atoms with Gasteiger partial charge in [-0.05, 0) is 24.5 Å². The smallest absolute Gasteiger partial charge is 0.321 e. The maximum absolute atomic E-state index is 11.7. The molecule has 1 aromatic heterocycles. The number of benzene rings is 1. The molecule has 6 nitrogen and oxygen atoms in total. The Morgan fingerprint density at radius 1 is 1.38 bits per heavy atom. The standard InChI is InChI=1S/C14H17N5OS/c20-13(17-14-18-16-10-21-14)15-8-11-6-7-19(9-11)12-4-2-1-3-5-12/h1-5,10-11H,6-9H2,(H2,15,17,18,20). The van der Waals surface area contributed by atoms with E-state index in [-0.39, 0.29) is 6.03 Å². The van der Waals surface area contributed by atoms with Crippen molar-refractivity contribution in [3.05, 3.63) is 35.8 Å². The zero-order valence-electron chi connectivity index (χ0n) is 11.5. The molecule has 2 amide bonds. The van der Waals surface area contributed by atoms with Gasteiger partial charge >= 0.3 is 6.03 Å². The van der Waals surface area contributed by atoms with Crippen molar-refractivity contribution in [3.8, 4) is 0 Å². The van der Waals surface area contributed by atoms with Crippen LogP contribution in [0.25, 0.3) is 0 Å². The summed E-state index contributed by atoms with van der Waals surface area (Å²) >= 11 is 1.30. The van der Waals surface area contributed by atoms with Crippen LogP contribution in [0.15, 0.2) is 35.8 Å². The van der Waals surface area contributed by atoms with Crippen LogP contribution in [0.4, 0.5) is 15.6 Å². The van der Waals surface area contributed by atoms with Crippen LogP contribution in [-0.4, -0.2) is 35.9 Å². The molecule has 2 aromatic rings. The van der Waals surface area contributed by atoms with Gasteiger partial charge in [0.1, 0.15) is 5.51 Å². The first kappa shape index (κ1) is 13.8. The molecular formula is C14H17N5OS. The summed E-state index contributed by atoms with van der Waals surface area (Å²) in [6.45, 7) is 2.69. The molecule has 2 heterocycles. The van der Waals surface area contributed by atoms with Gasteiger partial charge in [0.25, 0.3) is 0 Å². The summed E-state index contributed by atoms with van der Waals surface area (Å²) in [7, 11) is 0. The molecule has 1 unspecified atom stereocenters. The SMILES string of the molecule is O=C(NCC1CCN(c2ccccc2)C1)Nc1nncs1. The zero-order valence-corrected chi connectivity index (χ0v) is 12.3. The first-order chi connectivity index (χ1) is 10.3. The molecule has 2 N–H and O–H groups in total. The number of carbonyl (C=O) groups excluding carboxylic acids is 1. The van der Waals surface area contributed by atoms with Crippen LogP contribution in [0.1, 0.15) is 6.42 Å². The molecule has 7 heteroatoms. The van der Waals surface area contributed by atoms with Crippen molar-refractivity contribution in [1.82, 2.24) is 15.5 Å². The lowest BCUT2D eigenvalue weighted by Gasteiger charge is -2.18. The Labute approximate surface area is 127 Å². The van der Waals surface area contributed by atoms with Crippen LogP contribution in [0.5, 0.6) is 0 Å². The van der Waals surface area contributed by atoms with E-state index >= 15 is 0 Å². The molecule has 1 aliphatic rings. The largest absolute Gasteiger partial charge is 0.371 e. The molecule has 1 atom stereocenters. The lowest BCUT2D eigenvalue weighted by Crippen LogP contribution is -2.34. The molecule has 0 bridgehead atoms. The molecule has 1 aromatic carbocycles. The molecule has 0 radical (unpaired) electrons. The quantitative estimate of drug-likeness (QED) is 0.908. The van der Waals surface area contributed by atoms with Gasteiger partial charge in [-0.2, -0.15) is 0 Å². The van der Waals surface area contributed by atoms with Gasteiger partial charge in [-0.15, -0.1) is 10.2 Å². The second kappa shape index (κ2) is 6.53. The minimum atomic E-state index is -0.218. The van der Waals surface area contributed by atoms with Gasteiger partial charge in [0.05, 0.1) is 0 Å². The summed E-state index contributed by atoms with van der Waals surface area (Å²) in [6.07, 6.45) is 1.09. The number of aromatic nitrogens is 2. The summed E-state index contributed by atoms with van der Waals surface area (Å²) in [5, 5.41) is 13.5. The Bertz CT molecular complexity index is 574. The van der Waals surface area contributed by atoms with Crippen LogP contribution < -0.4 is 15.5 Å². The molecule has 1 saturated heterocycles. The number of amides is 2. The lowest BCUT2D eigenvalue weighted by molar-refractivity contribution is 0.250. The molecule has 3 rings (SSSR count). The van der Waals surface area contributed by atoms with E-state index in [0.717, 1.165) is 19.5 Å². The molecule has 1 fully saturated rings. The van der Waals surface area contributed by atoms with Crippen molar-refractivity contribution >= 4 is 28.2 Å². The van der Waals surface area contributed by atoms with E-state index < -0.39 is 0 Å². The normalized spacial score (nSPS) is 17.7. The van der Waals surface area contributed by atoms with Crippen molar-refractivity contribution in [2.75, 3.05) is 29.9 Å². The van der Waals surface area contributed by atoms with E-state index in [1.54, 1.807) is 5.51 Å². The van der Waals surface area contributed by atoms with Gasteiger partial charge in [0.15, 0.2) is 0 Å². The van der Waals surface area contributed by atoms with Crippen molar-refractivity contribution in [1.29, 1.82) is 0 Å². The van der Waals surface area contributed by atoms with E-state index in [2.05, 4.69) is 50.0 Å². The number of nitrogens with zero attached hydrogens (tertiary/aromatic N) is 3. The zero-order chi connectivity index (χ0) is 14.5. The van der Waals surface area contributed by atoms with E-state index in [9.17, 15) is 4.79 Å². The second-order valence-corrected chi connectivity index (χ2v) is 5.85. The van der Waals surface area contributed by atoms with Gasteiger partial charge in [0.2, 0.25) is 5.13 Å². The number of rotatable bonds is 4. The van der Waals surface area contributed by atoms with Crippen LogP contribution in [-0.2, 0) is 0 Å². The minimum Gasteiger partial charge on any atom is -0.371 e. The highest BCUT2D eigenvalue weighted by molar-refractivity contribution is 7.13. The molecule has 0 saturated carbocycles. The third-order valence-electron chi connectivity index (χ3n) is 3.54. The maximum Gasteiger partial charge on any atom is 0.321 e. The molecule has 21 heavy (non-hydrogen) atoms. The average Bonchev–Trinajstić information content (AvgIpc) is 3.17. The number of nitrogens with one attached hydrogen (secondary N) is 2. The number of hydrogen-bond donors (Lipinski definition) is 2. The van der Waals surface area contributed by atoms with Gasteiger partial charge < -0.3 is 10.2 Å². The molecule has 0 spiro atoms. The molecule has 0 aliphatic carbocycles. The Kier molecular flexibility index (Phi) is 4.30. The molecule has 110 valence electrons. The summed E-state index contributed by atoms with van der Waals surface area (Å²) < 4.78 is 0. The second-order valence-electron chi connectivity index (χ2n) is 5.02. The van der Waals surface area contributed by atoms with Gasteiger partial charge in [-0.3, -0.25) is 5.32 Å². The predicted octanol–water partition coefficient (Wildman–Crippen LogP) is 2.19. The first-order valence-corrected chi connectivity index (χ1v) is 7.80. The Morgan fingerprint density at radius 3 is 3.00 bits per heavy atom. The van der Waals surface area contributed by atoms with Crippen LogP contribution in [0.3, 0.4) is 0 Å². The fourth-order valence-corrected chi connectivity index (χ4v) is 2.92. The maximum atomic E-state index is 11.7. The van der Waals surface area contributed by atoms with Crippen molar-refractivity contribution in [2.45, 2.75) is 6.42 Å². The lowest BCUT2D eigenvalue weighted by atomic mass is 10.1. The number of carbonyl (C=O) groups is 1. The number of anilines is 2. The average molecular weight is 303 g/mol. The van der Waals surface area contributed by atoms with Crippen LogP contribution in [0.2, 0.25) is 0 Å². The van der Waals surface area contributed by atoms with E-state index in [4.69, 9.17) is 0 Å². The van der Waals surface area contributed by atoms with E-state index in [0.29, 0.717) is 17.6 Å². The summed E-state index contributed by atoms with van der Waals surface area (Å²) in [6, 6.07) is 10.2. The predicted molar refractivity (Wildman–Crippen MR) is 83.7 cm³/mol. The molecule has 1 aliphatic heterocycles. The van der Waals surface area contributed by atoms with Crippen LogP contribution >= 0.6 is 11.3 Å². The number of hydrogen-bond acceptors (Lipinski definition) is 5. The highest BCUT2D eigenvalue weighted by Crippen LogP contribution is 2.22. The summed E-state index contributed by atoms with van der Waals surface area (Å²) in [4.78, 5) is 14.1. The Hall–Kier alpha value is -2.15. The number of para-hydroxylation sites is 1. The topological polar surface area (TPSA) is 70.2 Å².